The molecular weight excluding hydrogens is 456 g/mol. The van der Waals surface area contributed by atoms with Crippen LogP contribution in [-0.4, -0.2) is 37.0 Å². The van der Waals surface area contributed by atoms with Crippen molar-refractivity contribution >= 4 is 28.2 Å². The molecule has 184 valence electrons. The number of rotatable bonds is 10. The molecule has 3 fully saturated rings. The number of aryl methyl sites for hydroxylation is 1. The van der Waals surface area contributed by atoms with Gasteiger partial charge in [0.05, 0.1) is 28.7 Å². The van der Waals surface area contributed by atoms with Gasteiger partial charge < -0.3 is 16.0 Å². The van der Waals surface area contributed by atoms with E-state index in [1.165, 1.54) is 57.8 Å². The lowest BCUT2D eigenvalue weighted by atomic mass is 9.96. The first-order valence-electron chi connectivity index (χ1n) is 13.1. The molecule has 0 radical (unpaired) electrons. The van der Waals surface area contributed by atoms with Crippen LogP contribution in [0.15, 0.2) is 24.7 Å². The Labute approximate surface area is 210 Å². The van der Waals surface area contributed by atoms with E-state index in [0.29, 0.717) is 17.9 Å². The van der Waals surface area contributed by atoms with Gasteiger partial charge in [0.2, 0.25) is 5.95 Å². The van der Waals surface area contributed by atoms with Crippen LogP contribution in [0.25, 0.3) is 10.6 Å². The molecule has 3 saturated carbocycles. The maximum atomic E-state index is 4.78. The summed E-state index contributed by atoms with van der Waals surface area (Å²) in [4.78, 5) is 24.1. The van der Waals surface area contributed by atoms with Gasteiger partial charge in [0, 0.05) is 30.5 Å². The summed E-state index contributed by atoms with van der Waals surface area (Å²) in [5.74, 6) is 3.19. The highest BCUT2D eigenvalue weighted by molar-refractivity contribution is 7.18. The van der Waals surface area contributed by atoms with Crippen molar-refractivity contribution in [3.8, 4) is 10.6 Å². The number of anilines is 3. The van der Waals surface area contributed by atoms with Gasteiger partial charge in [0.15, 0.2) is 10.9 Å². The minimum absolute atomic E-state index is 0.474. The molecule has 3 aromatic rings. The van der Waals surface area contributed by atoms with Gasteiger partial charge in [-0.2, -0.15) is 0 Å². The molecule has 0 amide bonds. The normalized spacial score (nSPS) is 18.7. The number of hydrogen-bond acceptors (Lipinski definition) is 9. The van der Waals surface area contributed by atoms with Crippen LogP contribution < -0.4 is 16.0 Å². The first-order valence-corrected chi connectivity index (χ1v) is 13.9. The lowest BCUT2D eigenvalue weighted by molar-refractivity contribution is 0.413. The summed E-state index contributed by atoms with van der Waals surface area (Å²) in [6.07, 6.45) is 17.3. The summed E-state index contributed by atoms with van der Waals surface area (Å²) in [5, 5.41) is 11.3. The summed E-state index contributed by atoms with van der Waals surface area (Å²) >= 11 is 1.56. The average Bonchev–Trinajstić information content (AvgIpc) is 3.81. The van der Waals surface area contributed by atoms with Gasteiger partial charge in [-0.25, -0.2) is 19.9 Å². The van der Waals surface area contributed by atoms with Crippen LogP contribution in [0.2, 0.25) is 0 Å². The van der Waals surface area contributed by atoms with Crippen LogP contribution in [-0.2, 0) is 6.54 Å². The minimum Gasteiger partial charge on any atom is -0.351 e. The molecule has 0 aliphatic heterocycles. The van der Waals surface area contributed by atoms with Crippen LogP contribution in [0.3, 0.4) is 0 Å². The van der Waals surface area contributed by atoms with Gasteiger partial charge in [-0.05, 0) is 63.4 Å². The van der Waals surface area contributed by atoms with E-state index in [0.717, 1.165) is 51.4 Å². The Morgan fingerprint density at radius 3 is 2.43 bits per heavy atom. The van der Waals surface area contributed by atoms with Crippen LogP contribution in [0, 0.1) is 18.8 Å². The van der Waals surface area contributed by atoms with Gasteiger partial charge in [0.25, 0.3) is 0 Å². The smallest absolute Gasteiger partial charge is 0.223 e. The van der Waals surface area contributed by atoms with Gasteiger partial charge in [0.1, 0.15) is 0 Å². The van der Waals surface area contributed by atoms with Gasteiger partial charge in [-0.1, -0.05) is 30.6 Å². The van der Waals surface area contributed by atoms with E-state index in [-0.39, 0.29) is 0 Å². The van der Waals surface area contributed by atoms with Crippen molar-refractivity contribution in [3.05, 3.63) is 36.0 Å². The van der Waals surface area contributed by atoms with E-state index < -0.39 is 0 Å². The average molecular weight is 491 g/mol. The number of nitrogens with zero attached hydrogens (tertiary/aromatic N) is 5. The van der Waals surface area contributed by atoms with Crippen molar-refractivity contribution in [2.45, 2.75) is 83.3 Å². The van der Waals surface area contributed by atoms with E-state index in [2.05, 4.69) is 35.9 Å². The molecular formula is C26H34N8S. The lowest BCUT2D eigenvalue weighted by Gasteiger charge is -2.22. The Hall–Kier alpha value is -2.65. The van der Waals surface area contributed by atoms with E-state index >= 15 is 0 Å². The Balaban J connectivity index is 1.07. The predicted molar refractivity (Wildman–Crippen MR) is 140 cm³/mol. The van der Waals surface area contributed by atoms with Crippen molar-refractivity contribution in [3.63, 3.8) is 0 Å². The molecule has 0 unspecified atom stereocenters. The van der Waals surface area contributed by atoms with E-state index in [1.54, 1.807) is 17.5 Å². The fourth-order valence-electron chi connectivity index (χ4n) is 5.11. The Morgan fingerprint density at radius 1 is 0.914 bits per heavy atom. The molecule has 0 atom stereocenters. The van der Waals surface area contributed by atoms with Gasteiger partial charge in [-0.15, -0.1) is 0 Å². The lowest BCUT2D eigenvalue weighted by Crippen LogP contribution is -2.32. The number of hydrogen-bond donors (Lipinski definition) is 3. The third-order valence-corrected chi connectivity index (χ3v) is 8.20. The van der Waals surface area contributed by atoms with Crippen molar-refractivity contribution < 1.29 is 0 Å². The highest BCUT2D eigenvalue weighted by Gasteiger charge is 2.41. The largest absolute Gasteiger partial charge is 0.351 e. The first-order chi connectivity index (χ1) is 17.2. The zero-order valence-electron chi connectivity index (χ0n) is 20.3. The zero-order valence-corrected chi connectivity index (χ0v) is 21.2. The Morgan fingerprint density at radius 2 is 1.71 bits per heavy atom. The van der Waals surface area contributed by atoms with Gasteiger partial charge in [-0.3, -0.25) is 4.98 Å². The monoisotopic (exact) mass is 490 g/mol. The predicted octanol–water partition coefficient (Wildman–Crippen LogP) is 5.46. The highest BCUT2D eigenvalue weighted by Crippen LogP contribution is 2.44. The molecule has 35 heavy (non-hydrogen) atoms. The second-order valence-corrected chi connectivity index (χ2v) is 11.4. The topological polar surface area (TPSA) is 101 Å². The molecule has 6 rings (SSSR count). The summed E-state index contributed by atoms with van der Waals surface area (Å²) in [6, 6.07) is 3.16. The van der Waals surface area contributed by atoms with E-state index in [1.807, 2.05) is 25.4 Å². The van der Waals surface area contributed by atoms with Crippen LogP contribution in [0.5, 0.6) is 0 Å². The summed E-state index contributed by atoms with van der Waals surface area (Å²) < 4.78 is 0. The van der Waals surface area contributed by atoms with Gasteiger partial charge >= 0.3 is 0 Å². The number of aromatic nitrogens is 5. The Kier molecular flexibility index (Phi) is 6.61. The van der Waals surface area contributed by atoms with Crippen molar-refractivity contribution in [1.82, 2.24) is 30.2 Å². The van der Waals surface area contributed by atoms with E-state index in [9.17, 15) is 0 Å². The molecule has 3 aliphatic carbocycles. The molecule has 3 aliphatic rings. The molecule has 0 spiro atoms. The quantitative estimate of drug-likeness (QED) is 0.344. The Bertz CT molecular complexity index is 1120. The van der Waals surface area contributed by atoms with Crippen molar-refractivity contribution in [2.24, 2.45) is 11.8 Å². The van der Waals surface area contributed by atoms with Crippen molar-refractivity contribution in [1.29, 1.82) is 0 Å². The molecule has 3 N–H and O–H groups in total. The molecule has 8 nitrogen and oxygen atoms in total. The maximum absolute atomic E-state index is 4.78. The van der Waals surface area contributed by atoms with Crippen LogP contribution in [0.4, 0.5) is 16.9 Å². The standard InChI is InChI=1S/C26H34N8S/c1-16-11-21(33-25(31-16)32-19-5-3-2-4-6-19)22-14-30-26(35-22)34-23-15-27-20(12-28-23)13-29-24(17-7-8-17)18-9-10-18/h11-12,14-15,17-19,24,29H,2-10,13H2,1H3,(H,28,30,34)(H,31,32,33). The molecule has 3 aromatic heterocycles. The molecule has 0 bridgehead atoms. The second kappa shape index (κ2) is 10.1. The third-order valence-electron chi connectivity index (χ3n) is 7.27. The molecule has 9 heteroatoms. The van der Waals surface area contributed by atoms with Crippen LogP contribution in [0.1, 0.15) is 69.2 Å². The summed E-state index contributed by atoms with van der Waals surface area (Å²) in [7, 11) is 0. The maximum Gasteiger partial charge on any atom is 0.223 e. The van der Waals surface area contributed by atoms with Crippen LogP contribution >= 0.6 is 11.3 Å². The first kappa shape index (κ1) is 22.8. The zero-order chi connectivity index (χ0) is 23.6. The molecule has 0 aromatic carbocycles. The molecule has 3 heterocycles. The second-order valence-electron chi connectivity index (χ2n) is 10.3. The number of thiazole rings is 1. The highest BCUT2D eigenvalue weighted by atomic mass is 32.1. The molecule has 0 saturated heterocycles. The SMILES string of the molecule is Cc1cc(-c2cnc(Nc3cnc(CNC(C4CC4)C4CC4)cn3)s2)nc(NC2CCCCC2)n1. The fourth-order valence-corrected chi connectivity index (χ4v) is 5.89. The summed E-state index contributed by atoms with van der Waals surface area (Å²) in [6.45, 7) is 2.80. The number of nitrogens with one attached hydrogen (secondary N) is 3. The minimum atomic E-state index is 0.474. The van der Waals surface area contributed by atoms with E-state index in [4.69, 9.17) is 4.98 Å². The fraction of sp³-hybridized carbons (Fsp3) is 0.577. The van der Waals surface area contributed by atoms with Crippen molar-refractivity contribution in [2.75, 3.05) is 10.6 Å². The summed E-state index contributed by atoms with van der Waals surface area (Å²) in [5.41, 5.74) is 2.84. The third kappa shape index (κ3) is 5.95.